The van der Waals surface area contributed by atoms with Crippen LogP contribution in [0.2, 0.25) is 0 Å². The summed E-state index contributed by atoms with van der Waals surface area (Å²) in [6, 6.07) is 5.50. The van der Waals surface area contributed by atoms with Gasteiger partial charge in [-0.1, -0.05) is 51.5 Å². The maximum atomic E-state index is 14.2. The molecule has 4 N–H and O–H groups in total. The van der Waals surface area contributed by atoms with E-state index in [1.165, 1.54) is 0 Å². The molecule has 9 heteroatoms. The molecule has 0 bridgehead atoms. The first kappa shape index (κ1) is 31.1. The zero-order valence-electron chi connectivity index (χ0n) is 24.0. The molecule has 1 saturated carbocycles. The number of nitrogens with zero attached hydrogens (tertiary/aromatic N) is 1. The highest BCUT2D eigenvalue weighted by Crippen LogP contribution is 2.41. The molecule has 0 radical (unpaired) electrons. The SMILES string of the molecule is CCCC(C)NC(=O)C(c1ccc(CC)cc1)N(C(=O)C(CCC(N)=O)NC(=O)OC(C)(C)C)C1CC1C. The monoisotopic (exact) mass is 530 g/mol. The summed E-state index contributed by atoms with van der Waals surface area (Å²) in [6.07, 6.45) is 2.44. The predicted octanol–water partition coefficient (Wildman–Crippen LogP) is 3.99. The Labute approximate surface area is 227 Å². The minimum atomic E-state index is -1.08. The van der Waals surface area contributed by atoms with Crippen LogP contribution in [0.15, 0.2) is 24.3 Å². The number of nitrogens with one attached hydrogen (secondary N) is 2. The number of nitrogens with two attached hydrogens (primary N) is 1. The summed E-state index contributed by atoms with van der Waals surface area (Å²) in [5, 5.41) is 5.72. The number of carbonyl (C=O) groups is 4. The molecule has 5 atom stereocenters. The van der Waals surface area contributed by atoms with Crippen LogP contribution in [0.25, 0.3) is 0 Å². The molecule has 1 aromatic carbocycles. The van der Waals surface area contributed by atoms with Crippen LogP contribution in [0.5, 0.6) is 0 Å². The normalized spacial score (nSPS) is 19.0. The van der Waals surface area contributed by atoms with Gasteiger partial charge < -0.3 is 26.0 Å². The fourth-order valence-electron chi connectivity index (χ4n) is 4.55. The predicted molar refractivity (Wildman–Crippen MR) is 147 cm³/mol. The molecule has 38 heavy (non-hydrogen) atoms. The lowest BCUT2D eigenvalue weighted by Crippen LogP contribution is -2.54. The fourth-order valence-corrected chi connectivity index (χ4v) is 4.55. The summed E-state index contributed by atoms with van der Waals surface area (Å²) < 4.78 is 5.38. The van der Waals surface area contributed by atoms with Gasteiger partial charge in [0.2, 0.25) is 17.7 Å². The van der Waals surface area contributed by atoms with Gasteiger partial charge in [-0.15, -0.1) is 0 Å². The molecule has 212 valence electrons. The second kappa shape index (κ2) is 13.6. The Morgan fingerprint density at radius 2 is 1.68 bits per heavy atom. The van der Waals surface area contributed by atoms with E-state index >= 15 is 0 Å². The van der Waals surface area contributed by atoms with Crippen molar-refractivity contribution in [3.05, 3.63) is 35.4 Å². The Hall–Kier alpha value is -3.10. The van der Waals surface area contributed by atoms with Gasteiger partial charge in [0.15, 0.2) is 0 Å². The number of ether oxygens (including phenoxy) is 1. The minimum Gasteiger partial charge on any atom is -0.444 e. The van der Waals surface area contributed by atoms with Gasteiger partial charge in [-0.2, -0.15) is 0 Å². The van der Waals surface area contributed by atoms with Crippen LogP contribution >= 0.6 is 0 Å². The quantitative estimate of drug-likeness (QED) is 0.355. The smallest absolute Gasteiger partial charge is 0.408 e. The molecule has 5 unspecified atom stereocenters. The van der Waals surface area contributed by atoms with E-state index in [0.29, 0.717) is 5.56 Å². The molecule has 4 amide bonds. The molecule has 1 aromatic rings. The third kappa shape index (κ3) is 9.33. The lowest BCUT2D eigenvalue weighted by atomic mass is 9.99. The van der Waals surface area contributed by atoms with Crippen molar-refractivity contribution in [3.63, 3.8) is 0 Å². The molecule has 0 spiro atoms. The molecule has 1 aliphatic carbocycles. The Balaban J connectivity index is 2.50. The Morgan fingerprint density at radius 1 is 1.08 bits per heavy atom. The summed E-state index contributed by atoms with van der Waals surface area (Å²) in [5.41, 5.74) is 6.43. The van der Waals surface area contributed by atoms with Crippen molar-refractivity contribution in [1.29, 1.82) is 0 Å². The average molecular weight is 531 g/mol. The van der Waals surface area contributed by atoms with Gasteiger partial charge in [0.05, 0.1) is 0 Å². The first-order chi connectivity index (χ1) is 17.8. The van der Waals surface area contributed by atoms with E-state index in [0.717, 1.165) is 31.2 Å². The van der Waals surface area contributed by atoms with E-state index in [-0.39, 0.29) is 36.8 Å². The van der Waals surface area contributed by atoms with Gasteiger partial charge in [0.25, 0.3) is 0 Å². The summed E-state index contributed by atoms with van der Waals surface area (Å²) >= 11 is 0. The largest absolute Gasteiger partial charge is 0.444 e. The third-order valence-corrected chi connectivity index (χ3v) is 6.69. The van der Waals surface area contributed by atoms with Crippen molar-refractivity contribution in [1.82, 2.24) is 15.5 Å². The molecule has 1 fully saturated rings. The second-order valence-corrected chi connectivity index (χ2v) is 11.4. The first-order valence-electron chi connectivity index (χ1n) is 13.8. The van der Waals surface area contributed by atoms with Crippen LogP contribution in [-0.2, 0) is 25.5 Å². The number of hydrogen-bond acceptors (Lipinski definition) is 5. The van der Waals surface area contributed by atoms with Gasteiger partial charge >= 0.3 is 6.09 Å². The van der Waals surface area contributed by atoms with Gasteiger partial charge in [-0.05, 0) is 70.4 Å². The van der Waals surface area contributed by atoms with Crippen molar-refractivity contribution in [2.45, 2.75) is 117 Å². The van der Waals surface area contributed by atoms with Gasteiger partial charge in [-0.25, -0.2) is 4.79 Å². The zero-order chi connectivity index (χ0) is 28.6. The summed E-state index contributed by atoms with van der Waals surface area (Å²) in [7, 11) is 0. The van der Waals surface area contributed by atoms with Crippen LogP contribution in [0.4, 0.5) is 4.79 Å². The highest BCUT2D eigenvalue weighted by molar-refractivity contribution is 5.93. The van der Waals surface area contributed by atoms with Crippen molar-refractivity contribution in [3.8, 4) is 0 Å². The number of alkyl carbamates (subject to hydrolysis) is 1. The van der Waals surface area contributed by atoms with E-state index in [1.54, 1.807) is 25.7 Å². The Morgan fingerprint density at radius 3 is 2.16 bits per heavy atom. The average Bonchev–Trinajstić information content (AvgIpc) is 3.54. The minimum absolute atomic E-state index is 0.000357. The van der Waals surface area contributed by atoms with E-state index < -0.39 is 35.6 Å². The van der Waals surface area contributed by atoms with Crippen LogP contribution in [0, 0.1) is 5.92 Å². The van der Waals surface area contributed by atoms with E-state index in [2.05, 4.69) is 24.5 Å². The number of primary amides is 1. The lowest BCUT2D eigenvalue weighted by Gasteiger charge is -2.35. The topological polar surface area (TPSA) is 131 Å². The van der Waals surface area contributed by atoms with Gasteiger partial charge in [0, 0.05) is 18.5 Å². The number of amides is 4. The van der Waals surface area contributed by atoms with E-state index in [9.17, 15) is 19.2 Å². The van der Waals surface area contributed by atoms with Crippen LogP contribution < -0.4 is 16.4 Å². The van der Waals surface area contributed by atoms with E-state index in [1.807, 2.05) is 38.1 Å². The van der Waals surface area contributed by atoms with Gasteiger partial charge in [0.1, 0.15) is 17.7 Å². The van der Waals surface area contributed by atoms with E-state index in [4.69, 9.17) is 10.5 Å². The summed E-state index contributed by atoms with van der Waals surface area (Å²) in [4.78, 5) is 53.8. The second-order valence-electron chi connectivity index (χ2n) is 11.4. The van der Waals surface area contributed by atoms with Crippen LogP contribution in [0.3, 0.4) is 0 Å². The third-order valence-electron chi connectivity index (χ3n) is 6.69. The van der Waals surface area contributed by atoms with Crippen LogP contribution in [0.1, 0.15) is 97.7 Å². The molecular formula is C29H46N4O5. The van der Waals surface area contributed by atoms with Gasteiger partial charge in [-0.3, -0.25) is 14.4 Å². The maximum Gasteiger partial charge on any atom is 0.408 e. The van der Waals surface area contributed by atoms with Crippen molar-refractivity contribution in [2.75, 3.05) is 0 Å². The number of rotatable bonds is 13. The molecule has 9 nitrogen and oxygen atoms in total. The Bertz CT molecular complexity index is 972. The molecule has 0 aromatic heterocycles. The fraction of sp³-hybridized carbons (Fsp3) is 0.655. The molecule has 0 heterocycles. The first-order valence-corrected chi connectivity index (χ1v) is 13.8. The zero-order valence-corrected chi connectivity index (χ0v) is 24.0. The summed E-state index contributed by atoms with van der Waals surface area (Å²) in [6.45, 7) is 13.3. The number of hydrogen-bond donors (Lipinski definition) is 3. The van der Waals surface area contributed by atoms with Crippen molar-refractivity contribution < 1.29 is 23.9 Å². The highest BCUT2D eigenvalue weighted by atomic mass is 16.6. The highest BCUT2D eigenvalue weighted by Gasteiger charge is 2.48. The number of benzene rings is 1. The molecule has 1 aliphatic rings. The van der Waals surface area contributed by atoms with Crippen LogP contribution in [-0.4, -0.2) is 52.4 Å². The standard InChI is InChI=1S/C29H46N4O5/c1-8-10-19(4)31-26(35)25(21-13-11-20(9-2)12-14-21)33(23-17-18(23)3)27(36)22(15-16-24(30)34)32-28(37)38-29(5,6)7/h11-14,18-19,22-23,25H,8-10,15-17H2,1-7H3,(H2,30,34)(H,31,35)(H,32,37). The number of carbonyl (C=O) groups excluding carboxylic acids is 4. The maximum absolute atomic E-state index is 14.2. The molecule has 0 saturated heterocycles. The molecule has 0 aliphatic heterocycles. The Kier molecular flexibility index (Phi) is 11.2. The summed E-state index contributed by atoms with van der Waals surface area (Å²) in [5.74, 6) is -1.10. The van der Waals surface area contributed by atoms with Crippen molar-refractivity contribution in [2.24, 2.45) is 11.7 Å². The lowest BCUT2D eigenvalue weighted by molar-refractivity contribution is -0.144. The number of aryl methyl sites for hydroxylation is 1. The molecule has 2 rings (SSSR count). The van der Waals surface area contributed by atoms with Crippen molar-refractivity contribution >= 4 is 23.8 Å². The molecular weight excluding hydrogens is 484 g/mol.